The predicted octanol–water partition coefficient (Wildman–Crippen LogP) is 0.376. The Kier molecular flexibility index (Phi) is 5.62. The predicted molar refractivity (Wildman–Crippen MR) is 111 cm³/mol. The molecule has 4 rings (SSSR count). The van der Waals surface area contributed by atoms with Crippen LogP contribution in [0.4, 0.5) is 10.5 Å². The van der Waals surface area contributed by atoms with Crippen molar-refractivity contribution in [2.45, 2.75) is 44.7 Å². The highest BCUT2D eigenvalue weighted by atomic mass is 16.2. The van der Waals surface area contributed by atoms with Crippen LogP contribution in [0.3, 0.4) is 0 Å². The van der Waals surface area contributed by atoms with Crippen molar-refractivity contribution in [3.63, 3.8) is 0 Å². The number of hydrogen-bond acceptors (Lipinski definition) is 6. The van der Waals surface area contributed by atoms with Gasteiger partial charge in [0.2, 0.25) is 11.8 Å². The third-order valence-electron chi connectivity index (χ3n) is 5.95. The van der Waals surface area contributed by atoms with E-state index < -0.39 is 29.7 Å². The zero-order valence-electron chi connectivity index (χ0n) is 17.3. The summed E-state index contributed by atoms with van der Waals surface area (Å²) < 4.78 is 0. The quantitative estimate of drug-likeness (QED) is 0.596. The molecular weight excluding hydrogens is 402 g/mol. The fourth-order valence-corrected chi connectivity index (χ4v) is 4.42. The summed E-state index contributed by atoms with van der Waals surface area (Å²) in [7, 11) is 0. The van der Waals surface area contributed by atoms with E-state index in [0.717, 1.165) is 4.90 Å². The first kappa shape index (κ1) is 20.8. The van der Waals surface area contributed by atoms with Crippen LogP contribution in [-0.2, 0) is 9.59 Å². The highest BCUT2D eigenvalue weighted by molar-refractivity contribution is 6.25. The summed E-state index contributed by atoms with van der Waals surface area (Å²) in [5, 5.41) is 7.87. The maximum atomic E-state index is 13.2. The fraction of sp³-hybridized carbons (Fsp3) is 0.476. The van der Waals surface area contributed by atoms with Crippen molar-refractivity contribution in [2.75, 3.05) is 24.5 Å². The molecule has 0 aliphatic carbocycles. The molecule has 1 aromatic carbocycles. The third-order valence-corrected chi connectivity index (χ3v) is 5.95. The maximum Gasteiger partial charge on any atom is 0.314 e. The summed E-state index contributed by atoms with van der Waals surface area (Å²) >= 11 is 0. The van der Waals surface area contributed by atoms with Crippen LogP contribution >= 0.6 is 0 Å². The van der Waals surface area contributed by atoms with E-state index in [0.29, 0.717) is 43.7 Å². The van der Waals surface area contributed by atoms with Gasteiger partial charge in [0.05, 0.1) is 16.8 Å². The van der Waals surface area contributed by atoms with Gasteiger partial charge >= 0.3 is 6.03 Å². The normalized spacial score (nSPS) is 21.8. The van der Waals surface area contributed by atoms with Crippen LogP contribution < -0.4 is 20.9 Å². The van der Waals surface area contributed by atoms with Crippen LogP contribution in [0.5, 0.6) is 0 Å². The molecule has 3 aliphatic rings. The summed E-state index contributed by atoms with van der Waals surface area (Å²) in [5.41, 5.74) is 1.23. The Hall–Kier alpha value is -3.43. The highest BCUT2D eigenvalue weighted by Crippen LogP contribution is 2.35. The smallest absolute Gasteiger partial charge is 0.314 e. The second kappa shape index (κ2) is 8.37. The number of benzene rings is 1. The van der Waals surface area contributed by atoms with Gasteiger partial charge in [-0.3, -0.25) is 29.4 Å². The van der Waals surface area contributed by atoms with Crippen LogP contribution in [0.15, 0.2) is 18.2 Å². The van der Waals surface area contributed by atoms with E-state index in [1.54, 1.807) is 18.2 Å². The summed E-state index contributed by atoms with van der Waals surface area (Å²) in [6.45, 7) is 3.65. The molecule has 0 saturated carbocycles. The lowest BCUT2D eigenvalue weighted by atomic mass is 10.0. The number of rotatable bonds is 4. The molecule has 2 saturated heterocycles. The van der Waals surface area contributed by atoms with Crippen molar-refractivity contribution in [3.8, 4) is 0 Å². The Morgan fingerprint density at radius 2 is 1.84 bits per heavy atom. The Morgan fingerprint density at radius 1 is 1.10 bits per heavy atom. The van der Waals surface area contributed by atoms with Crippen molar-refractivity contribution in [3.05, 3.63) is 29.3 Å². The molecule has 0 aromatic heterocycles. The van der Waals surface area contributed by atoms with E-state index in [9.17, 15) is 24.0 Å². The second-order valence-electron chi connectivity index (χ2n) is 7.91. The summed E-state index contributed by atoms with van der Waals surface area (Å²) in [4.78, 5) is 64.7. The van der Waals surface area contributed by atoms with Crippen molar-refractivity contribution in [1.82, 2.24) is 20.9 Å². The fourth-order valence-electron chi connectivity index (χ4n) is 4.42. The number of imide groups is 2. The van der Waals surface area contributed by atoms with Crippen LogP contribution in [0.1, 0.15) is 53.3 Å². The van der Waals surface area contributed by atoms with Crippen molar-refractivity contribution < 1.29 is 24.0 Å². The summed E-state index contributed by atoms with van der Waals surface area (Å²) in [6.07, 6.45) is 1.63. The van der Waals surface area contributed by atoms with Gasteiger partial charge in [-0.1, -0.05) is 6.07 Å². The van der Waals surface area contributed by atoms with E-state index >= 15 is 0 Å². The van der Waals surface area contributed by atoms with Gasteiger partial charge in [0.15, 0.2) is 0 Å². The largest absolute Gasteiger partial charge is 0.371 e. The van der Waals surface area contributed by atoms with E-state index in [2.05, 4.69) is 16.0 Å². The van der Waals surface area contributed by atoms with Crippen LogP contribution in [0.2, 0.25) is 0 Å². The topological polar surface area (TPSA) is 128 Å². The molecule has 0 spiro atoms. The molecule has 1 atom stereocenters. The lowest BCUT2D eigenvalue weighted by Crippen LogP contribution is -2.54. The molecule has 10 heteroatoms. The van der Waals surface area contributed by atoms with Crippen LogP contribution in [0.25, 0.3) is 0 Å². The minimum absolute atomic E-state index is 0.0388. The summed E-state index contributed by atoms with van der Waals surface area (Å²) in [6, 6.07) is 3.99. The average Bonchev–Trinajstić information content (AvgIpc) is 3.00. The molecule has 3 N–H and O–H groups in total. The van der Waals surface area contributed by atoms with Gasteiger partial charge in [-0.2, -0.15) is 0 Å². The SMILES string of the molecule is CCNC(=O)NC1CCN(c2cccc3c2C(=O)N(C2CCC(=O)NC2=O)C3=O)CC1. The Morgan fingerprint density at radius 3 is 2.52 bits per heavy atom. The van der Waals surface area contributed by atoms with Crippen molar-refractivity contribution in [2.24, 2.45) is 0 Å². The van der Waals surface area contributed by atoms with Crippen LogP contribution in [0, 0.1) is 0 Å². The third kappa shape index (κ3) is 3.85. The minimum Gasteiger partial charge on any atom is -0.371 e. The molecule has 0 radical (unpaired) electrons. The molecule has 31 heavy (non-hydrogen) atoms. The molecule has 1 unspecified atom stereocenters. The number of urea groups is 1. The Labute approximate surface area is 179 Å². The van der Waals surface area contributed by atoms with Gasteiger partial charge in [-0.25, -0.2) is 4.79 Å². The number of anilines is 1. The zero-order chi connectivity index (χ0) is 22.1. The van der Waals surface area contributed by atoms with E-state index in [1.807, 2.05) is 11.8 Å². The number of carbonyl (C=O) groups is 5. The van der Waals surface area contributed by atoms with Gasteiger partial charge in [-0.15, -0.1) is 0 Å². The molecule has 1 aromatic rings. The first-order chi connectivity index (χ1) is 14.9. The first-order valence-electron chi connectivity index (χ1n) is 10.5. The van der Waals surface area contributed by atoms with Gasteiger partial charge in [0.1, 0.15) is 6.04 Å². The molecule has 3 aliphatic heterocycles. The number of amides is 6. The minimum atomic E-state index is -0.982. The number of nitrogens with zero attached hydrogens (tertiary/aromatic N) is 2. The summed E-state index contributed by atoms with van der Waals surface area (Å²) in [5.74, 6) is -2.04. The van der Waals surface area contributed by atoms with E-state index in [4.69, 9.17) is 0 Å². The maximum absolute atomic E-state index is 13.2. The lowest BCUT2D eigenvalue weighted by molar-refractivity contribution is -0.136. The monoisotopic (exact) mass is 427 g/mol. The molecule has 3 heterocycles. The molecule has 0 bridgehead atoms. The zero-order valence-corrected chi connectivity index (χ0v) is 17.3. The highest BCUT2D eigenvalue weighted by Gasteiger charge is 2.46. The Balaban J connectivity index is 1.51. The standard InChI is InChI=1S/C21H25N5O5/c1-2-22-21(31)23-12-8-10-25(11-9-12)14-5-3-4-13-17(14)20(30)26(19(13)29)15-6-7-16(27)24-18(15)28/h3-5,12,15H,2,6-11H2,1H3,(H2,22,23,31)(H,24,27,28). The van der Waals surface area contributed by atoms with Crippen molar-refractivity contribution >= 4 is 35.3 Å². The first-order valence-corrected chi connectivity index (χ1v) is 10.5. The lowest BCUT2D eigenvalue weighted by Gasteiger charge is -2.34. The molecule has 10 nitrogen and oxygen atoms in total. The van der Waals surface area contributed by atoms with Gasteiger partial charge in [-0.05, 0) is 38.3 Å². The number of hydrogen-bond donors (Lipinski definition) is 3. The average molecular weight is 427 g/mol. The molecule has 2 fully saturated rings. The van der Waals surface area contributed by atoms with Crippen LogP contribution in [-0.4, -0.2) is 66.3 Å². The Bertz CT molecular complexity index is 953. The number of fused-ring (bicyclic) bond motifs is 1. The van der Waals surface area contributed by atoms with Gasteiger partial charge in [0.25, 0.3) is 11.8 Å². The molecule has 6 amide bonds. The second-order valence-corrected chi connectivity index (χ2v) is 7.91. The van der Waals surface area contributed by atoms with Crippen molar-refractivity contribution in [1.29, 1.82) is 0 Å². The molecular formula is C21H25N5O5. The molecule has 164 valence electrons. The number of carbonyl (C=O) groups excluding carboxylic acids is 5. The van der Waals surface area contributed by atoms with E-state index in [1.165, 1.54) is 0 Å². The van der Waals surface area contributed by atoms with E-state index in [-0.39, 0.29) is 30.5 Å². The number of piperidine rings is 2. The van der Waals surface area contributed by atoms with Gasteiger partial charge < -0.3 is 15.5 Å². The van der Waals surface area contributed by atoms with Gasteiger partial charge in [0, 0.05) is 32.1 Å². The number of nitrogens with one attached hydrogen (secondary N) is 3.